The van der Waals surface area contributed by atoms with Gasteiger partial charge in [0, 0.05) is 0 Å². The Morgan fingerprint density at radius 2 is 1.00 bits per heavy atom. The summed E-state index contributed by atoms with van der Waals surface area (Å²) in [5, 5.41) is 0. The molecular weight excluding hydrogens is 636 g/mol. The molecule has 0 aliphatic heterocycles. The van der Waals surface area contributed by atoms with Crippen molar-refractivity contribution in [3.63, 3.8) is 0 Å². The third-order valence-corrected chi connectivity index (χ3v) is 19.0. The van der Waals surface area contributed by atoms with Crippen molar-refractivity contribution >= 4 is 61.0 Å². The van der Waals surface area contributed by atoms with Crippen molar-refractivity contribution in [1.29, 1.82) is 0 Å². The van der Waals surface area contributed by atoms with Gasteiger partial charge in [-0.15, -0.1) is 0 Å². The Balaban J connectivity index is 1.95. The molecule has 0 spiro atoms. The minimum absolute atomic E-state index is 0.796. The maximum absolute atomic E-state index is 2.49. The first kappa shape index (κ1) is 28.6. The van der Waals surface area contributed by atoms with E-state index in [1.54, 1.807) is 7.16 Å². The van der Waals surface area contributed by atoms with Crippen LogP contribution in [0.1, 0.15) is 45.1 Å². The van der Waals surface area contributed by atoms with Crippen LogP contribution in [-0.2, 0) is 6.42 Å². The summed E-state index contributed by atoms with van der Waals surface area (Å²) in [6.07, 6.45) is 6.44. The second kappa shape index (κ2) is 12.5. The van der Waals surface area contributed by atoms with Gasteiger partial charge in [0.1, 0.15) is 0 Å². The van der Waals surface area contributed by atoms with Crippen LogP contribution < -0.4 is 12.1 Å². The number of benzene rings is 3. The molecule has 0 saturated carbocycles. The predicted molar refractivity (Wildman–Crippen MR) is 164 cm³/mol. The van der Waals surface area contributed by atoms with Crippen LogP contribution >= 0.6 is 0 Å². The summed E-state index contributed by atoms with van der Waals surface area (Å²) in [6, 6.07) is 28.2. The first-order valence-electron chi connectivity index (χ1n) is 13.6. The maximum atomic E-state index is 2.49. The van der Waals surface area contributed by atoms with Gasteiger partial charge >= 0.3 is 199 Å². The second-order valence-corrected chi connectivity index (χ2v) is 41.2. The summed E-state index contributed by atoms with van der Waals surface area (Å²) in [5.74, 6) is 0.796. The molecule has 1 unspecified atom stereocenters. The summed E-state index contributed by atoms with van der Waals surface area (Å²) in [5.41, 5.74) is 5.21. The molecule has 3 heteroatoms. The summed E-state index contributed by atoms with van der Waals surface area (Å²) >= 11 is -4.17. The molecular formula is C32H47NSn2. The topological polar surface area (TPSA) is 3.24 Å². The van der Waals surface area contributed by atoms with Gasteiger partial charge in [0.2, 0.25) is 0 Å². The molecule has 0 aliphatic carbocycles. The van der Waals surface area contributed by atoms with Gasteiger partial charge in [-0.2, -0.15) is 0 Å². The minimum atomic E-state index is -2.08. The molecule has 0 aliphatic rings. The fourth-order valence-corrected chi connectivity index (χ4v) is 11.4. The molecule has 0 N–H and O–H groups in total. The Labute approximate surface area is 224 Å². The van der Waals surface area contributed by atoms with Crippen LogP contribution in [0.4, 0.5) is 17.1 Å². The zero-order valence-corrected chi connectivity index (χ0v) is 29.2. The Morgan fingerprint density at radius 1 is 0.600 bits per heavy atom. The van der Waals surface area contributed by atoms with E-state index in [9.17, 15) is 0 Å². The number of unbranched alkanes of at least 4 members (excludes halogenated alkanes) is 1. The van der Waals surface area contributed by atoms with Crippen molar-refractivity contribution in [3.8, 4) is 0 Å². The summed E-state index contributed by atoms with van der Waals surface area (Å²) in [7, 11) is 0. The van der Waals surface area contributed by atoms with Crippen LogP contribution in [0.25, 0.3) is 0 Å². The molecule has 1 atom stereocenters. The van der Waals surface area contributed by atoms with E-state index >= 15 is 0 Å². The Bertz CT molecular complexity index is 982. The number of nitrogens with zero attached hydrogens (tertiary/aromatic N) is 1. The fourth-order valence-electron chi connectivity index (χ4n) is 4.73. The fraction of sp³-hybridized carbons (Fsp3) is 0.438. The Morgan fingerprint density at radius 3 is 1.34 bits per heavy atom. The van der Waals surface area contributed by atoms with E-state index in [1.807, 2.05) is 0 Å². The molecule has 35 heavy (non-hydrogen) atoms. The second-order valence-electron chi connectivity index (χ2n) is 12.2. The summed E-state index contributed by atoms with van der Waals surface area (Å²) < 4.78 is 3.15. The molecule has 0 fully saturated rings. The molecule has 188 valence electrons. The Kier molecular flexibility index (Phi) is 10.3. The standard InChI is InChI=1S/C26H29N.6CH3.2Sn/c1-3-5-12-22(4-2)21-23-17-19-26(20-18-23)27(24-13-8-6-9-14-24)25-15-10-7-11-16-25;;;;;;;;/h8-11,13-20,22H,3-5,12,21H2,1-2H3;6*1H3;;. The van der Waals surface area contributed by atoms with E-state index in [4.69, 9.17) is 0 Å². The van der Waals surface area contributed by atoms with Crippen LogP contribution in [0.5, 0.6) is 0 Å². The van der Waals surface area contributed by atoms with Crippen LogP contribution in [0.3, 0.4) is 0 Å². The van der Waals surface area contributed by atoms with Crippen molar-refractivity contribution in [3.05, 3.63) is 78.4 Å². The zero-order chi connectivity index (χ0) is 25.6. The van der Waals surface area contributed by atoms with Gasteiger partial charge in [0.15, 0.2) is 0 Å². The van der Waals surface area contributed by atoms with Gasteiger partial charge in [0.05, 0.1) is 0 Å². The van der Waals surface area contributed by atoms with Crippen LogP contribution in [0, 0.1) is 5.92 Å². The molecule has 0 bridgehead atoms. The van der Waals surface area contributed by atoms with Crippen molar-refractivity contribution in [2.24, 2.45) is 5.92 Å². The first-order valence-corrected chi connectivity index (χ1v) is 33.6. The molecule has 1 nitrogen and oxygen atoms in total. The van der Waals surface area contributed by atoms with E-state index < -0.39 is 36.8 Å². The number of hydrogen-bond acceptors (Lipinski definition) is 1. The van der Waals surface area contributed by atoms with Crippen molar-refractivity contribution < 1.29 is 0 Å². The monoisotopic (exact) mass is 685 g/mol. The molecule has 0 saturated heterocycles. The van der Waals surface area contributed by atoms with E-state index in [0.717, 1.165) is 5.92 Å². The SMILES string of the molecule is CCCCC(CC)Cc1ccc(N(c2cc[c]([Sn]([CH3])([CH3])[CH3])cc2)c2cc[c]([Sn]([CH3])([CH3])[CH3])cc2)cc1. The number of rotatable bonds is 11. The predicted octanol–water partition coefficient (Wildman–Crippen LogP) is 9.01. The van der Waals surface area contributed by atoms with Crippen molar-refractivity contribution in [2.75, 3.05) is 4.90 Å². The van der Waals surface area contributed by atoms with E-state index in [2.05, 4.69) is 121 Å². The molecule has 0 amide bonds. The molecule has 0 heterocycles. The van der Waals surface area contributed by atoms with E-state index in [-0.39, 0.29) is 0 Å². The zero-order valence-electron chi connectivity index (χ0n) is 23.5. The van der Waals surface area contributed by atoms with Crippen molar-refractivity contribution in [2.45, 2.75) is 75.6 Å². The number of anilines is 3. The molecule has 3 aromatic carbocycles. The average molecular weight is 683 g/mol. The quantitative estimate of drug-likeness (QED) is 0.183. The van der Waals surface area contributed by atoms with Crippen LogP contribution in [0.15, 0.2) is 72.8 Å². The van der Waals surface area contributed by atoms with Gasteiger partial charge in [-0.25, -0.2) is 0 Å². The van der Waals surface area contributed by atoms with Gasteiger partial charge in [-0.1, -0.05) is 26.7 Å². The number of hydrogen-bond donors (Lipinski definition) is 0. The first-order chi connectivity index (χ1) is 16.5. The average Bonchev–Trinajstić information content (AvgIpc) is 2.82. The van der Waals surface area contributed by atoms with Gasteiger partial charge in [0.25, 0.3) is 0 Å². The van der Waals surface area contributed by atoms with Crippen molar-refractivity contribution in [1.82, 2.24) is 0 Å². The molecule has 0 aromatic heterocycles. The third kappa shape index (κ3) is 8.02. The van der Waals surface area contributed by atoms with Gasteiger partial charge < -0.3 is 0 Å². The normalized spacial score (nSPS) is 13.0. The van der Waals surface area contributed by atoms with Crippen LogP contribution in [-0.4, -0.2) is 36.8 Å². The molecule has 3 aromatic rings. The molecule has 0 radical (unpaired) electrons. The third-order valence-electron chi connectivity index (χ3n) is 7.25. The Hall–Kier alpha value is -0.943. The van der Waals surface area contributed by atoms with Crippen LogP contribution in [0.2, 0.25) is 29.6 Å². The van der Waals surface area contributed by atoms with E-state index in [1.165, 1.54) is 54.7 Å². The molecule has 3 rings (SSSR count). The summed E-state index contributed by atoms with van der Waals surface area (Å²) in [6.45, 7) is 4.64. The van der Waals surface area contributed by atoms with Gasteiger partial charge in [-0.3, -0.25) is 0 Å². The summed E-state index contributed by atoms with van der Waals surface area (Å²) in [4.78, 5) is 17.4. The van der Waals surface area contributed by atoms with Gasteiger partial charge in [-0.05, 0) is 0 Å². The van der Waals surface area contributed by atoms with E-state index in [0.29, 0.717) is 0 Å².